The summed E-state index contributed by atoms with van der Waals surface area (Å²) in [4.78, 5) is 14.1. The van der Waals surface area contributed by atoms with Gasteiger partial charge in [0, 0.05) is 29.7 Å². The number of hydrogen-bond acceptors (Lipinski definition) is 3. The number of amides is 1. The lowest BCUT2D eigenvalue weighted by molar-refractivity contribution is 0.0792. The van der Waals surface area contributed by atoms with Crippen LogP contribution in [0.5, 0.6) is 0 Å². The van der Waals surface area contributed by atoms with Gasteiger partial charge in [-0.15, -0.1) is 0 Å². The largest absolute Gasteiger partial charge is 0.339 e. The van der Waals surface area contributed by atoms with Crippen LogP contribution in [0.25, 0.3) is 0 Å². The third-order valence-corrected chi connectivity index (χ3v) is 7.05. The third kappa shape index (κ3) is 4.84. The summed E-state index contributed by atoms with van der Waals surface area (Å²) in [5, 5.41) is 0.0553. The first-order valence-corrected chi connectivity index (χ1v) is 11.3. The molecule has 0 saturated carbocycles. The van der Waals surface area contributed by atoms with Crippen LogP contribution in [-0.4, -0.2) is 32.3 Å². The van der Waals surface area contributed by atoms with Gasteiger partial charge in [-0.25, -0.2) is 13.1 Å². The van der Waals surface area contributed by atoms with Crippen molar-refractivity contribution in [2.75, 3.05) is 13.1 Å². The molecule has 5 nitrogen and oxygen atoms in total. The molecule has 1 N–H and O–H groups in total. The zero-order valence-corrected chi connectivity index (χ0v) is 18.1. The number of carbonyl (C=O) groups is 1. The second-order valence-electron chi connectivity index (χ2n) is 6.22. The molecule has 1 heterocycles. The molecule has 0 atom stereocenters. The van der Waals surface area contributed by atoms with Gasteiger partial charge in [0.1, 0.15) is 4.90 Å². The standard InChI is InChI=1S/C18H17BrCl2N2O3S/c19-14-9-15(20)17(16(21)10-14)27(25,26)22-11-12-4-3-5-13(8-12)18(24)23-6-1-2-7-23/h3-5,8-10,22H,1-2,6-7,11H2. The van der Waals surface area contributed by atoms with Gasteiger partial charge in [-0.2, -0.15) is 0 Å². The molecule has 0 spiro atoms. The molecule has 2 aromatic rings. The fourth-order valence-corrected chi connectivity index (χ4v) is 5.90. The average molecular weight is 492 g/mol. The fraction of sp³-hybridized carbons (Fsp3) is 0.278. The van der Waals surface area contributed by atoms with Gasteiger partial charge < -0.3 is 4.90 Å². The van der Waals surface area contributed by atoms with Crippen molar-refractivity contribution in [3.8, 4) is 0 Å². The van der Waals surface area contributed by atoms with E-state index in [-0.39, 0.29) is 27.4 Å². The minimum Gasteiger partial charge on any atom is -0.339 e. The van der Waals surface area contributed by atoms with Gasteiger partial charge in [-0.05, 0) is 42.7 Å². The van der Waals surface area contributed by atoms with Crippen LogP contribution in [0.2, 0.25) is 10.0 Å². The summed E-state index contributed by atoms with van der Waals surface area (Å²) in [6, 6.07) is 9.88. The van der Waals surface area contributed by atoms with E-state index in [1.165, 1.54) is 12.1 Å². The van der Waals surface area contributed by atoms with Crippen molar-refractivity contribution >= 4 is 55.1 Å². The number of rotatable bonds is 5. The Kier molecular flexibility index (Phi) is 6.48. The minimum atomic E-state index is -3.92. The first-order chi connectivity index (χ1) is 12.8. The molecule has 0 bridgehead atoms. The molecule has 1 fully saturated rings. The maximum atomic E-state index is 12.6. The molecule has 27 heavy (non-hydrogen) atoms. The quantitative estimate of drug-likeness (QED) is 0.670. The molecule has 0 radical (unpaired) electrons. The lowest BCUT2D eigenvalue weighted by Crippen LogP contribution is -2.28. The molecule has 1 amide bonds. The number of sulfonamides is 1. The van der Waals surface area contributed by atoms with Crippen molar-refractivity contribution in [2.24, 2.45) is 0 Å². The highest BCUT2D eigenvalue weighted by atomic mass is 79.9. The molecular formula is C18H17BrCl2N2O3S. The Hall–Kier alpha value is -1.12. The van der Waals surface area contributed by atoms with Crippen LogP contribution in [0.15, 0.2) is 45.8 Å². The Labute approximate surface area is 176 Å². The first kappa shape index (κ1) is 20.6. The molecule has 1 aliphatic rings. The van der Waals surface area contributed by atoms with Crippen LogP contribution >= 0.6 is 39.1 Å². The second kappa shape index (κ2) is 8.49. The van der Waals surface area contributed by atoms with Gasteiger partial charge >= 0.3 is 0 Å². The smallest absolute Gasteiger partial charge is 0.253 e. The molecule has 1 aliphatic heterocycles. The van der Waals surface area contributed by atoms with Crippen molar-refractivity contribution < 1.29 is 13.2 Å². The number of benzene rings is 2. The molecule has 3 rings (SSSR count). The van der Waals surface area contributed by atoms with E-state index in [0.29, 0.717) is 15.6 Å². The first-order valence-electron chi connectivity index (χ1n) is 8.30. The number of halogens is 3. The van der Waals surface area contributed by atoms with Crippen LogP contribution in [0.3, 0.4) is 0 Å². The molecule has 1 saturated heterocycles. The fourth-order valence-electron chi connectivity index (χ4n) is 2.95. The van der Waals surface area contributed by atoms with E-state index in [1.807, 2.05) is 4.90 Å². The van der Waals surface area contributed by atoms with Gasteiger partial charge in [0.05, 0.1) is 10.0 Å². The van der Waals surface area contributed by atoms with Crippen molar-refractivity contribution in [3.05, 3.63) is 62.0 Å². The van der Waals surface area contributed by atoms with Gasteiger partial charge in [-0.3, -0.25) is 4.79 Å². The lowest BCUT2D eigenvalue weighted by Gasteiger charge is -2.16. The summed E-state index contributed by atoms with van der Waals surface area (Å²) in [5.74, 6) is -0.0313. The lowest BCUT2D eigenvalue weighted by atomic mass is 10.1. The summed E-state index contributed by atoms with van der Waals surface area (Å²) in [6.45, 7) is 1.54. The van der Waals surface area contributed by atoms with Crippen molar-refractivity contribution in [3.63, 3.8) is 0 Å². The Bertz CT molecular complexity index is 953. The Morgan fingerprint density at radius 3 is 2.37 bits per heavy atom. The summed E-state index contributed by atoms with van der Waals surface area (Å²) in [6.07, 6.45) is 2.03. The van der Waals surface area contributed by atoms with Gasteiger partial charge in [-0.1, -0.05) is 51.3 Å². The Balaban J connectivity index is 1.77. The molecule has 9 heteroatoms. The molecule has 0 aliphatic carbocycles. The van der Waals surface area contributed by atoms with E-state index >= 15 is 0 Å². The highest BCUT2D eigenvalue weighted by Gasteiger charge is 2.23. The van der Waals surface area contributed by atoms with Crippen LogP contribution in [0, 0.1) is 0 Å². The molecule has 0 unspecified atom stereocenters. The van der Waals surface area contributed by atoms with Crippen LogP contribution in [0.1, 0.15) is 28.8 Å². The van der Waals surface area contributed by atoms with E-state index in [4.69, 9.17) is 23.2 Å². The van der Waals surface area contributed by atoms with Crippen molar-refractivity contribution in [2.45, 2.75) is 24.3 Å². The molecule has 0 aromatic heterocycles. The Morgan fingerprint density at radius 2 is 1.74 bits per heavy atom. The van der Waals surface area contributed by atoms with Crippen LogP contribution in [0.4, 0.5) is 0 Å². The van der Waals surface area contributed by atoms with Gasteiger partial charge in [0.25, 0.3) is 5.91 Å². The number of likely N-dealkylation sites (tertiary alicyclic amines) is 1. The number of nitrogens with zero attached hydrogens (tertiary/aromatic N) is 1. The van der Waals surface area contributed by atoms with E-state index < -0.39 is 10.0 Å². The summed E-state index contributed by atoms with van der Waals surface area (Å²) < 4.78 is 28.3. The predicted octanol–water partition coefficient (Wildman–Crippen LogP) is 4.47. The molecule has 2 aromatic carbocycles. The van der Waals surface area contributed by atoms with Crippen molar-refractivity contribution in [1.82, 2.24) is 9.62 Å². The maximum absolute atomic E-state index is 12.6. The zero-order chi connectivity index (χ0) is 19.6. The van der Waals surface area contributed by atoms with Crippen LogP contribution in [-0.2, 0) is 16.6 Å². The van der Waals surface area contributed by atoms with E-state index in [0.717, 1.165) is 25.9 Å². The Morgan fingerprint density at radius 1 is 1.11 bits per heavy atom. The van der Waals surface area contributed by atoms with Gasteiger partial charge in [0.15, 0.2) is 0 Å². The zero-order valence-electron chi connectivity index (χ0n) is 14.2. The SMILES string of the molecule is O=C(c1cccc(CNS(=O)(=O)c2c(Cl)cc(Br)cc2Cl)c1)N1CCCC1. The highest BCUT2D eigenvalue weighted by Crippen LogP contribution is 2.32. The van der Waals surface area contributed by atoms with Crippen molar-refractivity contribution in [1.29, 1.82) is 0 Å². The summed E-state index contributed by atoms with van der Waals surface area (Å²) >= 11 is 15.3. The van der Waals surface area contributed by atoms with Gasteiger partial charge in [0.2, 0.25) is 10.0 Å². The van der Waals surface area contributed by atoms with Crippen LogP contribution < -0.4 is 4.72 Å². The summed E-state index contributed by atoms with van der Waals surface area (Å²) in [5.41, 5.74) is 1.22. The highest BCUT2D eigenvalue weighted by molar-refractivity contribution is 9.10. The second-order valence-corrected chi connectivity index (χ2v) is 9.66. The number of nitrogens with one attached hydrogen (secondary N) is 1. The normalized spacial score (nSPS) is 14.6. The summed E-state index contributed by atoms with van der Waals surface area (Å²) in [7, 11) is -3.92. The average Bonchev–Trinajstić information content (AvgIpc) is 3.13. The molecular weight excluding hydrogens is 475 g/mol. The topological polar surface area (TPSA) is 66.5 Å². The minimum absolute atomic E-state index is 0.0200. The third-order valence-electron chi connectivity index (χ3n) is 4.27. The molecule has 144 valence electrons. The number of hydrogen-bond donors (Lipinski definition) is 1. The monoisotopic (exact) mass is 490 g/mol. The van der Waals surface area contributed by atoms with E-state index in [2.05, 4.69) is 20.7 Å². The van der Waals surface area contributed by atoms with E-state index in [9.17, 15) is 13.2 Å². The maximum Gasteiger partial charge on any atom is 0.253 e. The number of carbonyl (C=O) groups excluding carboxylic acids is 1. The van der Waals surface area contributed by atoms with E-state index in [1.54, 1.807) is 24.3 Å². The predicted molar refractivity (Wildman–Crippen MR) is 110 cm³/mol.